The maximum atomic E-state index is 0. The number of rotatable bonds is 0. The average molecular weight is 565 g/mol. The summed E-state index contributed by atoms with van der Waals surface area (Å²) in [7, 11) is 0. The summed E-state index contributed by atoms with van der Waals surface area (Å²) >= 11 is 0. The fourth-order valence-corrected chi connectivity index (χ4v) is 0. The van der Waals surface area contributed by atoms with E-state index < -0.39 is 0 Å². The summed E-state index contributed by atoms with van der Waals surface area (Å²) in [6.45, 7) is 0. The predicted octanol–water partition coefficient (Wildman–Crippen LogP) is -0.0225. The van der Waals surface area contributed by atoms with Crippen molar-refractivity contribution in [3.8, 4) is 0 Å². The molecule has 0 bridgehead atoms. The average Bonchev–Trinajstić information content (AvgIpc) is 0. The Labute approximate surface area is 150 Å². The van der Waals surface area contributed by atoms with Crippen LogP contribution in [0.2, 0.25) is 0 Å². The minimum Gasteiger partial charge on any atom is 0 e. The molecule has 0 fully saturated rings. The minimum atomic E-state index is 0. The van der Waals surface area contributed by atoms with Crippen LogP contribution < -0.4 is 0 Å². The molecule has 0 atom stereocenters. The van der Waals surface area contributed by atoms with Gasteiger partial charge in [-0.3, -0.25) is 0 Å². The zero-order valence-electron chi connectivity index (χ0n) is 2.94. The molecule has 0 rings (SSSR count). The third kappa shape index (κ3) is 66.5. The maximum absolute atomic E-state index is 0. The molecule has 9 heavy (non-hydrogen) atoms. The second-order valence-electron chi connectivity index (χ2n) is 0. The van der Waals surface area contributed by atoms with Crippen LogP contribution >= 0.6 is 0 Å². The molecule has 0 N–H and O–H groups in total. The Morgan fingerprint density at radius 1 is 0.222 bits per heavy atom. The first kappa shape index (κ1) is 101. The van der Waals surface area contributed by atoms with Crippen LogP contribution in [0.1, 0.15) is 0 Å². The zero-order chi connectivity index (χ0) is 0. The number of hydrogen-bond acceptors (Lipinski definition) is 0. The molecule has 9 heteroatoms. The first-order chi connectivity index (χ1) is 0. The van der Waals surface area contributed by atoms with Gasteiger partial charge < -0.3 is 0 Å². The Hall–Kier alpha value is 4.64. The molecule has 0 aromatic heterocycles. The molecular formula is MoNi8. The summed E-state index contributed by atoms with van der Waals surface area (Å²) in [5, 5.41) is 0. The van der Waals surface area contributed by atoms with Crippen molar-refractivity contribution in [1.82, 2.24) is 0 Å². The fourth-order valence-electron chi connectivity index (χ4n) is 0. The monoisotopic (exact) mass is 561 g/mol. The summed E-state index contributed by atoms with van der Waals surface area (Å²) in [4.78, 5) is 0. The van der Waals surface area contributed by atoms with Gasteiger partial charge in [0.05, 0.1) is 0 Å². The van der Waals surface area contributed by atoms with Crippen LogP contribution in [0, 0.1) is 0 Å². The van der Waals surface area contributed by atoms with Gasteiger partial charge in [0.15, 0.2) is 0 Å². The SMILES string of the molecule is [Mo].[Ni].[Ni].[Ni].[Ni].[Ni].[Ni].[Ni].[Ni]. The van der Waals surface area contributed by atoms with Crippen LogP contribution in [0.5, 0.6) is 0 Å². The van der Waals surface area contributed by atoms with Gasteiger partial charge in [-0.25, -0.2) is 0 Å². The molecule has 0 heterocycles. The van der Waals surface area contributed by atoms with Gasteiger partial charge in [0.2, 0.25) is 0 Å². The molecule has 0 aromatic carbocycles. The molecule has 0 spiro atoms. The van der Waals surface area contributed by atoms with Crippen molar-refractivity contribution in [2.45, 2.75) is 0 Å². The molecule has 86 valence electrons. The van der Waals surface area contributed by atoms with E-state index in [4.69, 9.17) is 0 Å². The first-order valence-electron chi connectivity index (χ1n) is 0. The molecular weight excluding hydrogens is 565 g/mol. The second kappa shape index (κ2) is 79.6. The summed E-state index contributed by atoms with van der Waals surface area (Å²) in [6.07, 6.45) is 0. The zero-order valence-corrected chi connectivity index (χ0v) is 12.8. The third-order valence-electron chi connectivity index (χ3n) is 0. The van der Waals surface area contributed by atoms with Crippen LogP contribution in [0.4, 0.5) is 0 Å². The van der Waals surface area contributed by atoms with Crippen molar-refractivity contribution < 1.29 is 153 Å². The molecule has 0 nitrogen and oxygen atoms in total. The van der Waals surface area contributed by atoms with Crippen molar-refractivity contribution in [2.75, 3.05) is 0 Å². The van der Waals surface area contributed by atoms with Gasteiger partial charge in [0.25, 0.3) is 0 Å². The molecule has 0 radical (unpaired) electrons. The van der Waals surface area contributed by atoms with Crippen molar-refractivity contribution >= 4 is 0 Å². The van der Waals surface area contributed by atoms with E-state index in [0.29, 0.717) is 0 Å². The van der Waals surface area contributed by atoms with Crippen molar-refractivity contribution in [3.63, 3.8) is 0 Å². The summed E-state index contributed by atoms with van der Waals surface area (Å²) < 4.78 is 0. The van der Waals surface area contributed by atoms with E-state index in [0.717, 1.165) is 0 Å². The van der Waals surface area contributed by atoms with Crippen molar-refractivity contribution in [1.29, 1.82) is 0 Å². The van der Waals surface area contributed by atoms with Gasteiger partial charge in [0, 0.05) is 153 Å². The number of hydrogen-bond donors (Lipinski definition) is 0. The van der Waals surface area contributed by atoms with Crippen LogP contribution in [0.25, 0.3) is 0 Å². The standard InChI is InChI=1S/Mo.8Ni. The van der Waals surface area contributed by atoms with Gasteiger partial charge in [-0.05, 0) is 0 Å². The van der Waals surface area contributed by atoms with Crippen LogP contribution in [0.15, 0.2) is 0 Å². The van der Waals surface area contributed by atoms with Crippen LogP contribution in [-0.2, 0) is 153 Å². The molecule has 0 saturated carbocycles. The second-order valence-corrected chi connectivity index (χ2v) is 0. The molecule has 0 saturated heterocycles. The Balaban J connectivity index is 0. The molecule has 0 unspecified atom stereocenters. The van der Waals surface area contributed by atoms with Gasteiger partial charge in [-0.2, -0.15) is 0 Å². The van der Waals surface area contributed by atoms with Gasteiger partial charge in [-0.15, -0.1) is 0 Å². The third-order valence-corrected chi connectivity index (χ3v) is 0. The molecule has 0 amide bonds. The predicted molar refractivity (Wildman–Crippen MR) is 0 cm³/mol. The van der Waals surface area contributed by atoms with E-state index in [-0.39, 0.29) is 153 Å². The summed E-state index contributed by atoms with van der Waals surface area (Å²) in [6, 6.07) is 0. The van der Waals surface area contributed by atoms with Gasteiger partial charge >= 0.3 is 0 Å². The first-order valence-corrected chi connectivity index (χ1v) is 0. The van der Waals surface area contributed by atoms with Crippen LogP contribution in [0.3, 0.4) is 0 Å². The largest absolute Gasteiger partial charge is 0 e. The Morgan fingerprint density at radius 2 is 0.222 bits per heavy atom. The van der Waals surface area contributed by atoms with E-state index in [2.05, 4.69) is 0 Å². The normalized spacial score (nSPS) is 0. The smallest absolute Gasteiger partial charge is 0 e. The molecule has 0 aliphatic carbocycles. The quantitative estimate of drug-likeness (QED) is 0.363. The molecule has 0 aliphatic rings. The van der Waals surface area contributed by atoms with E-state index >= 15 is 0 Å². The summed E-state index contributed by atoms with van der Waals surface area (Å²) in [5.41, 5.74) is 0. The van der Waals surface area contributed by atoms with Crippen molar-refractivity contribution in [3.05, 3.63) is 0 Å². The van der Waals surface area contributed by atoms with Crippen LogP contribution in [-0.4, -0.2) is 0 Å². The fraction of sp³-hybridized carbons (Fsp3) is 0. The molecule has 0 aromatic rings. The van der Waals surface area contributed by atoms with Crippen molar-refractivity contribution in [2.24, 2.45) is 0 Å². The van der Waals surface area contributed by atoms with Gasteiger partial charge in [0.1, 0.15) is 0 Å². The topological polar surface area (TPSA) is 0 Å². The maximum Gasteiger partial charge on any atom is 0 e. The Bertz CT molecular complexity index is 4.53. The Kier molecular flexibility index (Phi) is 896. The summed E-state index contributed by atoms with van der Waals surface area (Å²) in [5.74, 6) is 0. The van der Waals surface area contributed by atoms with E-state index in [9.17, 15) is 0 Å². The van der Waals surface area contributed by atoms with Gasteiger partial charge in [-0.1, -0.05) is 0 Å². The van der Waals surface area contributed by atoms with E-state index in [1.807, 2.05) is 0 Å². The van der Waals surface area contributed by atoms with E-state index in [1.165, 1.54) is 0 Å². The van der Waals surface area contributed by atoms with E-state index in [1.54, 1.807) is 0 Å². The minimum absolute atomic E-state index is 0. The Morgan fingerprint density at radius 3 is 0.222 bits per heavy atom. The molecule has 0 aliphatic heterocycles.